The molecular weight excluding hydrogens is 291 g/mol. The van der Waals surface area contributed by atoms with Gasteiger partial charge in [0.05, 0.1) is 18.1 Å². The van der Waals surface area contributed by atoms with Crippen LogP contribution < -0.4 is 10.1 Å². The van der Waals surface area contributed by atoms with Crippen LogP contribution in [0.25, 0.3) is 0 Å². The molecule has 2 aromatic rings. The number of alkyl halides is 3. The molecule has 0 atom stereocenters. The third-order valence-corrected chi connectivity index (χ3v) is 2.25. The number of rotatable bonds is 4. The van der Waals surface area contributed by atoms with E-state index in [-0.39, 0.29) is 17.2 Å². The predicted octanol–water partition coefficient (Wildman–Crippen LogP) is 2.82. The summed E-state index contributed by atoms with van der Waals surface area (Å²) < 4.78 is 40.6. The molecule has 1 aromatic heterocycles. The van der Waals surface area contributed by atoms with Crippen molar-refractivity contribution in [3.05, 3.63) is 42.4 Å². The van der Waals surface area contributed by atoms with Crippen molar-refractivity contribution in [3.8, 4) is 5.75 Å². The van der Waals surface area contributed by atoms with Crippen LogP contribution in [0.15, 0.2) is 36.7 Å². The van der Waals surface area contributed by atoms with Gasteiger partial charge in [-0.1, -0.05) is 12.1 Å². The number of benzene rings is 1. The van der Waals surface area contributed by atoms with Crippen LogP contribution in [0.2, 0.25) is 0 Å². The number of hydrogen-bond acceptors (Lipinski definition) is 5. The minimum absolute atomic E-state index is 0.0206. The molecule has 0 aliphatic heterocycles. The van der Waals surface area contributed by atoms with Gasteiger partial charge in [-0.15, -0.1) is 13.2 Å². The number of nitrogens with zero attached hydrogens (tertiary/aromatic N) is 2. The molecule has 0 radical (unpaired) electrons. The maximum Gasteiger partial charge on any atom is 0.573 e. The van der Waals surface area contributed by atoms with E-state index < -0.39 is 18.1 Å². The Morgan fingerprint density at radius 1 is 1.19 bits per heavy atom. The smallest absolute Gasteiger partial charge is 0.476 e. The Kier molecular flexibility index (Phi) is 3.92. The number of ether oxygens (including phenoxy) is 1. The van der Waals surface area contributed by atoms with Crippen molar-refractivity contribution in [1.29, 1.82) is 0 Å². The normalized spacial score (nSPS) is 11.0. The number of anilines is 2. The van der Waals surface area contributed by atoms with Gasteiger partial charge in [0.2, 0.25) is 0 Å². The van der Waals surface area contributed by atoms with Crippen LogP contribution in [0.5, 0.6) is 5.75 Å². The lowest BCUT2D eigenvalue weighted by molar-refractivity contribution is -0.274. The zero-order valence-corrected chi connectivity index (χ0v) is 10.3. The zero-order valence-electron chi connectivity index (χ0n) is 10.3. The van der Waals surface area contributed by atoms with E-state index >= 15 is 0 Å². The first-order valence-electron chi connectivity index (χ1n) is 5.52. The van der Waals surface area contributed by atoms with E-state index in [9.17, 15) is 18.0 Å². The molecule has 0 amide bonds. The lowest BCUT2D eigenvalue weighted by atomic mass is 10.3. The molecule has 1 heterocycles. The lowest BCUT2D eigenvalue weighted by Gasteiger charge is -2.13. The van der Waals surface area contributed by atoms with Crippen LogP contribution in [-0.4, -0.2) is 27.4 Å². The van der Waals surface area contributed by atoms with Crippen LogP contribution in [0.4, 0.5) is 24.7 Å². The molecule has 2 N–H and O–H groups in total. The molecule has 0 aliphatic rings. The van der Waals surface area contributed by atoms with Crippen molar-refractivity contribution >= 4 is 17.5 Å². The molecule has 0 spiro atoms. The van der Waals surface area contributed by atoms with E-state index in [1.54, 1.807) is 0 Å². The number of aromatic carboxylic acids is 1. The summed E-state index contributed by atoms with van der Waals surface area (Å²) in [5.41, 5.74) is -0.257. The van der Waals surface area contributed by atoms with Gasteiger partial charge in [0.15, 0.2) is 11.4 Å². The highest BCUT2D eigenvalue weighted by Crippen LogP contribution is 2.31. The molecule has 0 saturated carbocycles. The molecule has 0 unspecified atom stereocenters. The Labute approximate surface area is 116 Å². The Hall–Kier alpha value is -2.84. The maximum atomic E-state index is 12.3. The van der Waals surface area contributed by atoms with Crippen molar-refractivity contribution < 1.29 is 27.8 Å². The van der Waals surface area contributed by atoms with Gasteiger partial charge in [0.1, 0.15) is 5.82 Å². The molecule has 6 nitrogen and oxygen atoms in total. The SMILES string of the molecule is O=C(O)c1cnc(Nc2ccccc2OC(F)(F)F)cn1. The molecule has 0 bridgehead atoms. The van der Waals surface area contributed by atoms with Crippen molar-refractivity contribution in [2.24, 2.45) is 0 Å². The van der Waals surface area contributed by atoms with E-state index in [0.29, 0.717) is 0 Å². The number of para-hydroxylation sites is 2. The number of aromatic nitrogens is 2. The summed E-state index contributed by atoms with van der Waals surface area (Å²) >= 11 is 0. The van der Waals surface area contributed by atoms with Crippen LogP contribution in [0.3, 0.4) is 0 Å². The van der Waals surface area contributed by atoms with Crippen LogP contribution in [0, 0.1) is 0 Å². The second-order valence-electron chi connectivity index (χ2n) is 3.76. The summed E-state index contributed by atoms with van der Waals surface area (Å²) in [6.45, 7) is 0. The van der Waals surface area contributed by atoms with Crippen molar-refractivity contribution in [2.45, 2.75) is 6.36 Å². The van der Waals surface area contributed by atoms with Gasteiger partial charge >= 0.3 is 12.3 Å². The van der Waals surface area contributed by atoms with Crippen LogP contribution in [0.1, 0.15) is 10.5 Å². The highest BCUT2D eigenvalue weighted by atomic mass is 19.4. The monoisotopic (exact) mass is 299 g/mol. The average Bonchev–Trinajstić information content (AvgIpc) is 2.40. The van der Waals surface area contributed by atoms with Gasteiger partial charge in [-0.25, -0.2) is 14.8 Å². The van der Waals surface area contributed by atoms with Gasteiger partial charge < -0.3 is 15.2 Å². The fourth-order valence-corrected chi connectivity index (χ4v) is 1.42. The van der Waals surface area contributed by atoms with Gasteiger partial charge in [0.25, 0.3) is 0 Å². The zero-order chi connectivity index (χ0) is 15.5. The molecule has 9 heteroatoms. The molecule has 21 heavy (non-hydrogen) atoms. The first kappa shape index (κ1) is 14.6. The third-order valence-electron chi connectivity index (χ3n) is 2.25. The number of carboxylic acids is 1. The Balaban J connectivity index is 2.21. The quantitative estimate of drug-likeness (QED) is 0.903. The summed E-state index contributed by atoms with van der Waals surface area (Å²) in [4.78, 5) is 17.9. The highest BCUT2D eigenvalue weighted by molar-refractivity contribution is 5.85. The third kappa shape index (κ3) is 4.06. The standard InChI is InChI=1S/C12H8F3N3O3/c13-12(14,15)21-9-4-2-1-3-7(9)18-10-6-16-8(5-17-10)11(19)20/h1-6H,(H,17,18)(H,19,20). The number of carboxylic acid groups (broad SMARTS) is 1. The van der Waals surface area contributed by atoms with E-state index in [0.717, 1.165) is 18.5 Å². The minimum atomic E-state index is -4.82. The maximum absolute atomic E-state index is 12.3. The fourth-order valence-electron chi connectivity index (χ4n) is 1.42. The second kappa shape index (κ2) is 5.65. The van der Waals surface area contributed by atoms with E-state index in [1.807, 2.05) is 0 Å². The molecule has 2 rings (SSSR count). The van der Waals surface area contributed by atoms with Gasteiger partial charge in [-0.3, -0.25) is 0 Å². The minimum Gasteiger partial charge on any atom is -0.476 e. The van der Waals surface area contributed by atoms with Crippen molar-refractivity contribution in [3.63, 3.8) is 0 Å². The summed E-state index contributed by atoms with van der Waals surface area (Å²) in [7, 11) is 0. The van der Waals surface area contributed by atoms with Crippen molar-refractivity contribution in [1.82, 2.24) is 9.97 Å². The number of hydrogen-bond donors (Lipinski definition) is 2. The number of halogens is 3. The summed E-state index contributed by atoms with van der Waals surface area (Å²) in [6, 6.07) is 5.37. The van der Waals surface area contributed by atoms with Crippen molar-refractivity contribution in [2.75, 3.05) is 5.32 Å². The Morgan fingerprint density at radius 3 is 2.48 bits per heavy atom. The van der Waals surface area contributed by atoms with Crippen LogP contribution >= 0.6 is 0 Å². The fraction of sp³-hybridized carbons (Fsp3) is 0.0833. The molecule has 0 fully saturated rings. The first-order valence-corrected chi connectivity index (χ1v) is 5.52. The Bertz CT molecular complexity index is 644. The number of nitrogens with one attached hydrogen (secondary N) is 1. The van der Waals surface area contributed by atoms with E-state index in [2.05, 4.69) is 20.0 Å². The molecular formula is C12H8F3N3O3. The first-order chi connectivity index (χ1) is 9.85. The topological polar surface area (TPSA) is 84.3 Å². The van der Waals surface area contributed by atoms with Gasteiger partial charge in [0, 0.05) is 0 Å². The second-order valence-corrected chi connectivity index (χ2v) is 3.76. The number of carbonyl (C=O) groups is 1. The Morgan fingerprint density at radius 2 is 1.90 bits per heavy atom. The molecule has 0 saturated heterocycles. The van der Waals surface area contributed by atoms with Gasteiger partial charge in [-0.2, -0.15) is 0 Å². The van der Waals surface area contributed by atoms with Gasteiger partial charge in [-0.05, 0) is 12.1 Å². The highest BCUT2D eigenvalue weighted by Gasteiger charge is 2.32. The summed E-state index contributed by atoms with van der Waals surface area (Å²) in [5.74, 6) is -1.61. The summed E-state index contributed by atoms with van der Waals surface area (Å²) in [6.07, 6.45) is -2.75. The lowest BCUT2D eigenvalue weighted by Crippen LogP contribution is -2.18. The molecule has 110 valence electrons. The predicted molar refractivity (Wildman–Crippen MR) is 65.4 cm³/mol. The van der Waals surface area contributed by atoms with Crippen LogP contribution in [-0.2, 0) is 0 Å². The summed E-state index contributed by atoms with van der Waals surface area (Å²) in [5, 5.41) is 11.2. The average molecular weight is 299 g/mol. The molecule has 1 aromatic carbocycles. The van der Waals surface area contributed by atoms with E-state index in [1.165, 1.54) is 18.2 Å². The molecule has 0 aliphatic carbocycles. The van der Waals surface area contributed by atoms with E-state index in [4.69, 9.17) is 5.11 Å². The largest absolute Gasteiger partial charge is 0.573 e.